The van der Waals surface area contributed by atoms with E-state index in [-0.39, 0.29) is 31.1 Å². The van der Waals surface area contributed by atoms with Crippen molar-refractivity contribution in [1.82, 2.24) is 5.32 Å². The molecule has 0 bridgehead atoms. The van der Waals surface area contributed by atoms with Gasteiger partial charge in [-0.05, 0) is 36.4 Å². The van der Waals surface area contributed by atoms with Crippen LogP contribution in [0.4, 0.5) is 0 Å². The summed E-state index contributed by atoms with van der Waals surface area (Å²) in [6.07, 6.45) is 0.792. The number of ether oxygens (including phenoxy) is 1. The smallest absolute Gasteiger partial charge is 0.306 e. The second kappa shape index (κ2) is 11.8. The molecule has 5 nitrogen and oxygen atoms in total. The van der Waals surface area contributed by atoms with Crippen molar-refractivity contribution in [2.45, 2.75) is 24.2 Å². The number of esters is 1. The van der Waals surface area contributed by atoms with Gasteiger partial charge in [-0.1, -0.05) is 29.8 Å². The van der Waals surface area contributed by atoms with Crippen LogP contribution in [-0.2, 0) is 14.3 Å². The summed E-state index contributed by atoms with van der Waals surface area (Å²) in [5.41, 5.74) is 0. The molecule has 0 radical (unpaired) electrons. The highest BCUT2D eigenvalue weighted by Gasteiger charge is 2.13. The van der Waals surface area contributed by atoms with Crippen molar-refractivity contribution < 1.29 is 19.1 Å². The number of hydrogen-bond acceptors (Lipinski definition) is 6. The van der Waals surface area contributed by atoms with Crippen molar-refractivity contribution in [3.8, 4) is 0 Å². The van der Waals surface area contributed by atoms with Gasteiger partial charge in [-0.2, -0.15) is 0 Å². The highest BCUT2D eigenvalue weighted by atomic mass is 35.5. The van der Waals surface area contributed by atoms with E-state index in [0.717, 1.165) is 12.2 Å². The average molecular weight is 426 g/mol. The summed E-state index contributed by atoms with van der Waals surface area (Å²) in [6, 6.07) is 13.3. The Bertz CT molecular complexity index is 764. The second-order valence-corrected chi connectivity index (χ2v) is 8.44. The van der Waals surface area contributed by atoms with Crippen LogP contribution >= 0.6 is 34.7 Å². The molecule has 0 aliphatic carbocycles. The molecule has 0 aliphatic heterocycles. The number of thioether (sulfide) groups is 1. The van der Waals surface area contributed by atoms with E-state index in [0.29, 0.717) is 15.8 Å². The van der Waals surface area contributed by atoms with Gasteiger partial charge >= 0.3 is 5.97 Å². The SMILES string of the molecule is O=C(COC(=O)CCC(=O)c1ccc(Cl)s1)NCCCSc1ccccc1. The van der Waals surface area contributed by atoms with Crippen molar-refractivity contribution in [1.29, 1.82) is 0 Å². The first-order valence-electron chi connectivity index (χ1n) is 8.43. The van der Waals surface area contributed by atoms with Crippen LogP contribution in [0, 0.1) is 0 Å². The van der Waals surface area contributed by atoms with E-state index in [9.17, 15) is 14.4 Å². The Morgan fingerprint density at radius 1 is 1.07 bits per heavy atom. The summed E-state index contributed by atoms with van der Waals surface area (Å²) in [7, 11) is 0. The molecule has 0 saturated carbocycles. The topological polar surface area (TPSA) is 72.5 Å². The number of Topliss-reactive ketones (excluding diaryl/α,β-unsaturated/α-hetero) is 1. The summed E-state index contributed by atoms with van der Waals surface area (Å²) in [5, 5.41) is 2.71. The molecule has 0 unspecified atom stereocenters. The van der Waals surface area contributed by atoms with Crippen LogP contribution in [0.1, 0.15) is 28.9 Å². The maximum atomic E-state index is 11.9. The fourth-order valence-corrected chi connectivity index (χ4v) is 3.96. The minimum Gasteiger partial charge on any atom is -0.456 e. The molecule has 0 fully saturated rings. The van der Waals surface area contributed by atoms with Crippen LogP contribution in [0.2, 0.25) is 4.34 Å². The summed E-state index contributed by atoms with van der Waals surface area (Å²) < 4.78 is 5.42. The number of amides is 1. The lowest BCUT2D eigenvalue weighted by atomic mass is 10.2. The minimum atomic E-state index is -0.569. The van der Waals surface area contributed by atoms with E-state index in [1.807, 2.05) is 30.3 Å². The van der Waals surface area contributed by atoms with Gasteiger partial charge < -0.3 is 10.1 Å². The highest BCUT2D eigenvalue weighted by molar-refractivity contribution is 7.99. The summed E-state index contributed by atoms with van der Waals surface area (Å²) >= 11 is 8.67. The monoisotopic (exact) mass is 425 g/mol. The molecule has 0 atom stereocenters. The number of rotatable bonds is 11. The summed E-state index contributed by atoms with van der Waals surface area (Å²) in [6.45, 7) is 0.192. The molecule has 1 heterocycles. The van der Waals surface area contributed by atoms with E-state index in [1.165, 1.54) is 16.2 Å². The maximum absolute atomic E-state index is 11.9. The Kier molecular flexibility index (Phi) is 9.38. The van der Waals surface area contributed by atoms with E-state index >= 15 is 0 Å². The molecule has 2 aromatic rings. The minimum absolute atomic E-state index is 0.0357. The number of benzene rings is 1. The fourth-order valence-electron chi connectivity index (χ4n) is 2.08. The van der Waals surface area contributed by atoms with Gasteiger partial charge in [-0.25, -0.2) is 0 Å². The number of thiophene rings is 1. The van der Waals surface area contributed by atoms with Crippen LogP contribution in [0.3, 0.4) is 0 Å². The molecule has 27 heavy (non-hydrogen) atoms. The second-order valence-electron chi connectivity index (χ2n) is 5.55. The number of carbonyl (C=O) groups excluding carboxylic acids is 3. The predicted octanol–water partition coefficient (Wildman–Crippen LogP) is 4.21. The van der Waals surface area contributed by atoms with E-state index in [2.05, 4.69) is 5.32 Å². The lowest BCUT2D eigenvalue weighted by Crippen LogP contribution is -2.29. The van der Waals surface area contributed by atoms with Crippen LogP contribution in [0.5, 0.6) is 0 Å². The zero-order valence-corrected chi connectivity index (χ0v) is 17.0. The lowest BCUT2D eigenvalue weighted by Gasteiger charge is -2.06. The van der Waals surface area contributed by atoms with Crippen LogP contribution in [0.25, 0.3) is 0 Å². The van der Waals surface area contributed by atoms with Gasteiger partial charge in [-0.3, -0.25) is 14.4 Å². The molecular weight excluding hydrogens is 406 g/mol. The first-order valence-corrected chi connectivity index (χ1v) is 10.6. The third-order valence-electron chi connectivity index (χ3n) is 3.42. The van der Waals surface area contributed by atoms with Crippen LogP contribution < -0.4 is 5.32 Å². The Morgan fingerprint density at radius 3 is 2.56 bits per heavy atom. The number of ketones is 1. The van der Waals surface area contributed by atoms with Crippen molar-refractivity contribution in [3.63, 3.8) is 0 Å². The van der Waals surface area contributed by atoms with Crippen molar-refractivity contribution in [3.05, 3.63) is 51.7 Å². The highest BCUT2D eigenvalue weighted by Crippen LogP contribution is 2.23. The zero-order valence-electron chi connectivity index (χ0n) is 14.6. The fraction of sp³-hybridized carbons (Fsp3) is 0.316. The molecule has 1 N–H and O–H groups in total. The van der Waals surface area contributed by atoms with Gasteiger partial charge in [0.1, 0.15) is 0 Å². The summed E-state index contributed by atoms with van der Waals surface area (Å²) in [5.74, 6) is -0.187. The maximum Gasteiger partial charge on any atom is 0.306 e. The van der Waals surface area contributed by atoms with Gasteiger partial charge in [0.25, 0.3) is 5.91 Å². The van der Waals surface area contributed by atoms with Crippen molar-refractivity contribution in [2.24, 2.45) is 0 Å². The van der Waals surface area contributed by atoms with Crippen LogP contribution in [-0.4, -0.2) is 36.6 Å². The third kappa shape index (κ3) is 8.60. The Labute approximate surface area is 171 Å². The average Bonchev–Trinajstić information content (AvgIpc) is 3.11. The molecule has 1 aromatic carbocycles. The van der Waals surface area contributed by atoms with E-state index in [4.69, 9.17) is 16.3 Å². The van der Waals surface area contributed by atoms with Gasteiger partial charge in [-0.15, -0.1) is 23.1 Å². The Hall–Kier alpha value is -1.83. The largest absolute Gasteiger partial charge is 0.456 e. The normalized spacial score (nSPS) is 10.4. The number of hydrogen-bond donors (Lipinski definition) is 1. The first-order chi connectivity index (χ1) is 13.0. The van der Waals surface area contributed by atoms with Gasteiger partial charge in [0.2, 0.25) is 0 Å². The quantitative estimate of drug-likeness (QED) is 0.253. The first kappa shape index (κ1) is 21.5. The van der Waals surface area contributed by atoms with E-state index in [1.54, 1.807) is 23.9 Å². The number of nitrogens with one attached hydrogen (secondary N) is 1. The zero-order chi connectivity index (χ0) is 19.5. The van der Waals surface area contributed by atoms with Gasteiger partial charge in [0.05, 0.1) is 15.6 Å². The summed E-state index contributed by atoms with van der Waals surface area (Å²) in [4.78, 5) is 36.9. The molecule has 144 valence electrons. The van der Waals surface area contributed by atoms with Gasteiger partial charge in [0.15, 0.2) is 12.4 Å². The molecule has 1 amide bonds. The molecular formula is C19H20ClNO4S2. The Morgan fingerprint density at radius 2 is 1.85 bits per heavy atom. The third-order valence-corrected chi connectivity index (χ3v) is 5.79. The Balaban J connectivity index is 1.51. The number of carbonyl (C=O) groups is 3. The van der Waals surface area contributed by atoms with Gasteiger partial charge in [0, 0.05) is 17.9 Å². The molecule has 0 saturated heterocycles. The standard InChI is InChI=1S/C19H20ClNO4S2/c20-17-9-8-16(27-17)15(22)7-10-19(24)25-13-18(23)21-11-4-12-26-14-5-2-1-3-6-14/h1-3,5-6,8-9H,4,7,10-13H2,(H,21,23). The molecule has 2 rings (SSSR count). The van der Waals surface area contributed by atoms with Crippen molar-refractivity contribution in [2.75, 3.05) is 18.9 Å². The van der Waals surface area contributed by atoms with E-state index < -0.39 is 5.97 Å². The van der Waals surface area contributed by atoms with Crippen LogP contribution in [0.15, 0.2) is 47.4 Å². The molecule has 0 aliphatic rings. The predicted molar refractivity (Wildman–Crippen MR) is 109 cm³/mol. The molecule has 8 heteroatoms. The molecule has 0 spiro atoms. The number of halogens is 1. The van der Waals surface area contributed by atoms with Crippen molar-refractivity contribution >= 4 is 52.4 Å². The lowest BCUT2D eigenvalue weighted by molar-refractivity contribution is -0.148. The molecule has 1 aromatic heterocycles.